The van der Waals surface area contributed by atoms with Crippen molar-refractivity contribution in [1.29, 1.82) is 0 Å². The van der Waals surface area contributed by atoms with E-state index < -0.39 is 23.5 Å². The molecule has 18 heavy (non-hydrogen) atoms. The van der Waals surface area contributed by atoms with E-state index in [-0.39, 0.29) is 17.7 Å². The summed E-state index contributed by atoms with van der Waals surface area (Å²) in [6.45, 7) is 3.29. The van der Waals surface area contributed by atoms with Gasteiger partial charge in [-0.25, -0.2) is 14.4 Å². The van der Waals surface area contributed by atoms with Crippen molar-refractivity contribution >= 4 is 17.9 Å². The monoisotopic (exact) mass is 250 g/mol. The van der Waals surface area contributed by atoms with Crippen LogP contribution in [0.25, 0.3) is 0 Å². The molecule has 0 amide bonds. The fraction of sp³-hybridized carbons (Fsp3) is 0.0833. The molecule has 0 fully saturated rings. The highest BCUT2D eigenvalue weighted by atomic mass is 16.5. The van der Waals surface area contributed by atoms with Gasteiger partial charge in [-0.3, -0.25) is 0 Å². The van der Waals surface area contributed by atoms with E-state index >= 15 is 0 Å². The molecule has 1 aromatic rings. The molecule has 0 aromatic heterocycles. The third kappa shape index (κ3) is 2.94. The second kappa shape index (κ2) is 5.62. The SMILES string of the molecule is C=CCOC(=O)c1ccc(C(=O)O)cc1C(=O)O. The smallest absolute Gasteiger partial charge is 0.339 e. The number of aromatic carboxylic acids is 2. The number of carbonyl (C=O) groups is 3. The summed E-state index contributed by atoms with van der Waals surface area (Å²) in [4.78, 5) is 33.2. The number of hydrogen-bond acceptors (Lipinski definition) is 4. The zero-order valence-corrected chi connectivity index (χ0v) is 9.25. The summed E-state index contributed by atoms with van der Waals surface area (Å²) in [5.74, 6) is -3.52. The summed E-state index contributed by atoms with van der Waals surface area (Å²) in [6.07, 6.45) is 1.34. The minimum Gasteiger partial charge on any atom is -0.478 e. The van der Waals surface area contributed by atoms with Crippen LogP contribution in [-0.2, 0) is 4.74 Å². The van der Waals surface area contributed by atoms with Crippen molar-refractivity contribution in [3.05, 3.63) is 47.5 Å². The second-order valence-corrected chi connectivity index (χ2v) is 3.26. The maximum atomic E-state index is 11.5. The molecule has 6 nitrogen and oxygen atoms in total. The van der Waals surface area contributed by atoms with Crippen molar-refractivity contribution < 1.29 is 29.3 Å². The van der Waals surface area contributed by atoms with Gasteiger partial charge in [0.15, 0.2) is 0 Å². The van der Waals surface area contributed by atoms with Crippen LogP contribution in [0.1, 0.15) is 31.1 Å². The van der Waals surface area contributed by atoms with Crippen molar-refractivity contribution in [2.45, 2.75) is 0 Å². The molecule has 0 atom stereocenters. The van der Waals surface area contributed by atoms with Crippen molar-refractivity contribution in [2.75, 3.05) is 6.61 Å². The van der Waals surface area contributed by atoms with Crippen molar-refractivity contribution in [1.82, 2.24) is 0 Å². The molecule has 1 rings (SSSR count). The number of carbonyl (C=O) groups excluding carboxylic acids is 1. The number of hydrogen-bond donors (Lipinski definition) is 2. The lowest BCUT2D eigenvalue weighted by Crippen LogP contribution is -2.13. The van der Waals surface area contributed by atoms with Gasteiger partial charge in [-0.2, -0.15) is 0 Å². The Hall–Kier alpha value is -2.63. The van der Waals surface area contributed by atoms with Gasteiger partial charge in [0.1, 0.15) is 6.61 Å². The van der Waals surface area contributed by atoms with Gasteiger partial charge in [0.25, 0.3) is 0 Å². The molecule has 0 radical (unpaired) electrons. The van der Waals surface area contributed by atoms with Crippen molar-refractivity contribution in [3.8, 4) is 0 Å². The fourth-order valence-electron chi connectivity index (χ4n) is 1.24. The van der Waals surface area contributed by atoms with Crippen LogP contribution in [0.4, 0.5) is 0 Å². The van der Waals surface area contributed by atoms with Crippen LogP contribution >= 0.6 is 0 Å². The summed E-state index contributed by atoms with van der Waals surface area (Å²) in [5.41, 5.74) is -0.828. The van der Waals surface area contributed by atoms with E-state index in [1.54, 1.807) is 0 Å². The topological polar surface area (TPSA) is 101 Å². The lowest BCUT2D eigenvalue weighted by atomic mass is 10.0. The summed E-state index contributed by atoms with van der Waals surface area (Å²) in [7, 11) is 0. The number of ether oxygens (including phenoxy) is 1. The Bertz CT molecular complexity index is 517. The van der Waals surface area contributed by atoms with E-state index in [0.29, 0.717) is 0 Å². The standard InChI is InChI=1S/C12H10O6/c1-2-5-18-12(17)8-4-3-7(10(13)14)6-9(8)11(15)16/h2-4,6H,1,5H2,(H,13,14)(H,15,16). The highest BCUT2D eigenvalue weighted by Crippen LogP contribution is 2.14. The molecule has 0 saturated heterocycles. The molecule has 94 valence electrons. The Morgan fingerprint density at radius 1 is 1.17 bits per heavy atom. The van der Waals surface area contributed by atoms with E-state index in [1.165, 1.54) is 6.08 Å². The van der Waals surface area contributed by atoms with Gasteiger partial charge in [-0.1, -0.05) is 12.7 Å². The first-order valence-electron chi connectivity index (χ1n) is 4.86. The number of carboxylic acids is 2. The number of esters is 1. The maximum absolute atomic E-state index is 11.5. The molecule has 6 heteroatoms. The minimum atomic E-state index is -1.40. The van der Waals surface area contributed by atoms with E-state index in [1.807, 2.05) is 0 Å². The summed E-state index contributed by atoms with van der Waals surface area (Å²) < 4.78 is 4.70. The first-order chi connectivity index (χ1) is 8.47. The van der Waals surface area contributed by atoms with E-state index in [0.717, 1.165) is 18.2 Å². The first kappa shape index (κ1) is 13.4. The molecule has 0 aliphatic heterocycles. The van der Waals surface area contributed by atoms with Crippen LogP contribution in [0.5, 0.6) is 0 Å². The Balaban J connectivity index is 3.19. The Labute approximate surface area is 102 Å². The van der Waals surface area contributed by atoms with Crippen LogP contribution in [0.3, 0.4) is 0 Å². The minimum absolute atomic E-state index is 0.0570. The van der Waals surface area contributed by atoms with Crippen LogP contribution in [-0.4, -0.2) is 34.7 Å². The predicted molar refractivity (Wildman–Crippen MR) is 60.8 cm³/mol. The van der Waals surface area contributed by atoms with Crippen molar-refractivity contribution in [3.63, 3.8) is 0 Å². The lowest BCUT2D eigenvalue weighted by molar-refractivity contribution is 0.0535. The highest BCUT2D eigenvalue weighted by molar-refractivity contribution is 6.04. The zero-order chi connectivity index (χ0) is 13.7. The largest absolute Gasteiger partial charge is 0.478 e. The number of benzene rings is 1. The zero-order valence-electron chi connectivity index (χ0n) is 9.25. The molecule has 0 unspecified atom stereocenters. The molecule has 0 bridgehead atoms. The van der Waals surface area contributed by atoms with Gasteiger partial charge in [0, 0.05) is 0 Å². The molecular weight excluding hydrogens is 240 g/mol. The molecular formula is C12H10O6. The van der Waals surface area contributed by atoms with Gasteiger partial charge in [-0.15, -0.1) is 0 Å². The molecule has 1 aromatic carbocycles. The summed E-state index contributed by atoms with van der Waals surface area (Å²) in [5, 5.41) is 17.7. The van der Waals surface area contributed by atoms with E-state index in [2.05, 4.69) is 6.58 Å². The average Bonchev–Trinajstić information content (AvgIpc) is 2.34. The fourth-order valence-corrected chi connectivity index (χ4v) is 1.24. The van der Waals surface area contributed by atoms with Gasteiger partial charge < -0.3 is 14.9 Å². The predicted octanol–water partition coefficient (Wildman–Crippen LogP) is 1.43. The van der Waals surface area contributed by atoms with Crippen LogP contribution in [0.2, 0.25) is 0 Å². The molecule has 0 aliphatic carbocycles. The van der Waals surface area contributed by atoms with Gasteiger partial charge in [-0.05, 0) is 18.2 Å². The van der Waals surface area contributed by atoms with Crippen LogP contribution in [0.15, 0.2) is 30.9 Å². The van der Waals surface area contributed by atoms with Gasteiger partial charge in [0.2, 0.25) is 0 Å². The number of rotatable bonds is 5. The Kier molecular flexibility index (Phi) is 4.20. The molecule has 0 aliphatic rings. The van der Waals surface area contributed by atoms with Gasteiger partial charge >= 0.3 is 17.9 Å². The second-order valence-electron chi connectivity index (χ2n) is 3.26. The van der Waals surface area contributed by atoms with Crippen LogP contribution < -0.4 is 0 Å². The third-order valence-corrected chi connectivity index (χ3v) is 2.05. The molecule has 0 saturated carbocycles. The summed E-state index contributed by atoms with van der Waals surface area (Å²) >= 11 is 0. The number of carboxylic acid groups (broad SMARTS) is 2. The lowest BCUT2D eigenvalue weighted by Gasteiger charge is -2.06. The normalized spacial score (nSPS) is 9.56. The third-order valence-electron chi connectivity index (χ3n) is 2.05. The van der Waals surface area contributed by atoms with Crippen molar-refractivity contribution in [2.24, 2.45) is 0 Å². The average molecular weight is 250 g/mol. The quantitative estimate of drug-likeness (QED) is 0.605. The first-order valence-corrected chi connectivity index (χ1v) is 4.86. The Morgan fingerprint density at radius 2 is 1.83 bits per heavy atom. The highest BCUT2D eigenvalue weighted by Gasteiger charge is 2.19. The molecule has 0 heterocycles. The van der Waals surface area contributed by atoms with E-state index in [4.69, 9.17) is 14.9 Å². The Morgan fingerprint density at radius 3 is 2.33 bits per heavy atom. The van der Waals surface area contributed by atoms with Crippen LogP contribution in [0, 0.1) is 0 Å². The van der Waals surface area contributed by atoms with Gasteiger partial charge in [0.05, 0.1) is 16.7 Å². The maximum Gasteiger partial charge on any atom is 0.339 e. The molecule has 0 spiro atoms. The molecule has 2 N–H and O–H groups in total. The van der Waals surface area contributed by atoms with E-state index in [9.17, 15) is 14.4 Å². The summed E-state index contributed by atoms with van der Waals surface area (Å²) in [6, 6.07) is 3.16.